The molecule has 21 heavy (non-hydrogen) atoms. The van der Waals surface area contributed by atoms with Crippen LogP contribution in [0.1, 0.15) is 4.88 Å². The van der Waals surface area contributed by atoms with E-state index in [1.165, 1.54) is 41.8 Å². The van der Waals surface area contributed by atoms with E-state index in [0.717, 1.165) is 4.88 Å². The van der Waals surface area contributed by atoms with Gasteiger partial charge in [0.05, 0.1) is 17.2 Å². The lowest BCUT2D eigenvalue weighted by Gasteiger charge is -2.04. The molecule has 0 bridgehead atoms. The number of nitrogens with one attached hydrogen (secondary N) is 1. The molecule has 0 saturated heterocycles. The number of carbonyl (C=O) groups excluding carboxylic acids is 1. The Morgan fingerprint density at radius 1 is 1.43 bits per heavy atom. The van der Waals surface area contributed by atoms with Crippen LogP contribution in [0.3, 0.4) is 0 Å². The summed E-state index contributed by atoms with van der Waals surface area (Å²) in [4.78, 5) is 22.5. The minimum Gasteiger partial charge on any atom is -0.483 e. The van der Waals surface area contributed by atoms with Crippen molar-refractivity contribution in [3.8, 4) is 5.75 Å². The molecule has 2 rings (SSSR count). The number of hydrazone groups is 1. The van der Waals surface area contributed by atoms with Crippen molar-refractivity contribution in [2.45, 2.75) is 0 Å². The van der Waals surface area contributed by atoms with Crippen LogP contribution in [0.5, 0.6) is 5.75 Å². The monoisotopic (exact) mass is 305 g/mol. The molecule has 2 aromatic rings. The number of non-ortho nitro benzene ring substituents is 1. The number of thiophene rings is 1. The van der Waals surface area contributed by atoms with Gasteiger partial charge in [0.15, 0.2) is 6.61 Å². The van der Waals surface area contributed by atoms with E-state index in [1.54, 1.807) is 0 Å². The molecule has 0 aliphatic rings. The summed E-state index contributed by atoms with van der Waals surface area (Å²) in [5.41, 5.74) is 2.21. The number of ether oxygens (including phenoxy) is 1. The molecule has 0 unspecified atom stereocenters. The van der Waals surface area contributed by atoms with Crippen molar-refractivity contribution in [1.29, 1.82) is 0 Å². The fraction of sp³-hybridized carbons (Fsp3) is 0.0769. The maximum Gasteiger partial charge on any atom is 0.277 e. The average Bonchev–Trinajstić information content (AvgIpc) is 2.99. The minimum atomic E-state index is -0.530. The highest BCUT2D eigenvalue weighted by Crippen LogP contribution is 2.18. The maximum atomic E-state index is 11.5. The SMILES string of the molecule is O=C(COc1cccc([N+](=O)[O-])c1)N/N=C/c1cccs1. The number of benzene rings is 1. The lowest BCUT2D eigenvalue weighted by atomic mass is 10.3. The molecule has 0 atom stereocenters. The van der Waals surface area contributed by atoms with Gasteiger partial charge in [-0.05, 0) is 17.5 Å². The third-order valence-electron chi connectivity index (χ3n) is 2.32. The molecule has 1 aromatic heterocycles. The number of rotatable bonds is 6. The Kier molecular flexibility index (Phi) is 4.99. The van der Waals surface area contributed by atoms with Crippen LogP contribution in [0, 0.1) is 10.1 Å². The van der Waals surface area contributed by atoms with Gasteiger partial charge in [-0.15, -0.1) is 11.3 Å². The van der Waals surface area contributed by atoms with E-state index in [0.29, 0.717) is 0 Å². The minimum absolute atomic E-state index is 0.0939. The van der Waals surface area contributed by atoms with Gasteiger partial charge in [0.1, 0.15) is 5.75 Å². The van der Waals surface area contributed by atoms with Crippen LogP contribution >= 0.6 is 11.3 Å². The second kappa shape index (κ2) is 7.15. The molecule has 0 saturated carbocycles. The van der Waals surface area contributed by atoms with Crippen LogP contribution in [0.25, 0.3) is 0 Å². The first-order chi connectivity index (χ1) is 10.1. The summed E-state index contributed by atoms with van der Waals surface area (Å²) in [5, 5.41) is 16.3. The molecule has 1 amide bonds. The van der Waals surface area contributed by atoms with Gasteiger partial charge < -0.3 is 4.74 Å². The highest BCUT2D eigenvalue weighted by atomic mass is 32.1. The van der Waals surface area contributed by atoms with Crippen LogP contribution in [-0.2, 0) is 4.79 Å². The Hall–Kier alpha value is -2.74. The molecule has 7 nitrogen and oxygen atoms in total. The third-order valence-corrected chi connectivity index (χ3v) is 3.13. The second-order valence-electron chi connectivity index (χ2n) is 3.85. The standard InChI is InChI=1S/C13H11N3O4S/c17-13(15-14-8-12-5-2-6-21-12)9-20-11-4-1-3-10(7-11)16(18)19/h1-8H,9H2,(H,15,17)/b14-8+. The Morgan fingerprint density at radius 3 is 3.00 bits per heavy atom. The van der Waals surface area contributed by atoms with Gasteiger partial charge in [-0.3, -0.25) is 14.9 Å². The zero-order chi connectivity index (χ0) is 15.1. The topological polar surface area (TPSA) is 93.8 Å². The lowest BCUT2D eigenvalue weighted by Crippen LogP contribution is -2.24. The molecule has 1 aromatic carbocycles. The molecule has 0 radical (unpaired) electrons. The molecular formula is C13H11N3O4S. The lowest BCUT2D eigenvalue weighted by molar-refractivity contribution is -0.384. The van der Waals surface area contributed by atoms with E-state index >= 15 is 0 Å². The highest BCUT2D eigenvalue weighted by molar-refractivity contribution is 7.11. The van der Waals surface area contributed by atoms with Gasteiger partial charge in [-0.1, -0.05) is 12.1 Å². The van der Waals surface area contributed by atoms with Gasteiger partial charge in [-0.25, -0.2) is 5.43 Å². The van der Waals surface area contributed by atoms with Gasteiger partial charge in [-0.2, -0.15) is 5.10 Å². The maximum absolute atomic E-state index is 11.5. The molecule has 0 spiro atoms. The molecule has 1 heterocycles. The van der Waals surface area contributed by atoms with Crippen molar-refractivity contribution in [1.82, 2.24) is 5.43 Å². The summed E-state index contributed by atoms with van der Waals surface area (Å²) in [6.07, 6.45) is 1.52. The molecule has 8 heteroatoms. The first-order valence-corrected chi connectivity index (χ1v) is 6.76. The highest BCUT2D eigenvalue weighted by Gasteiger charge is 2.07. The number of amides is 1. The Bertz CT molecular complexity index is 655. The van der Waals surface area contributed by atoms with E-state index in [2.05, 4.69) is 10.5 Å². The van der Waals surface area contributed by atoms with Crippen molar-refractivity contribution in [2.75, 3.05) is 6.61 Å². The molecule has 0 aliphatic heterocycles. The molecule has 0 fully saturated rings. The predicted octanol–water partition coefficient (Wildman–Crippen LogP) is 2.19. The molecule has 0 aliphatic carbocycles. The smallest absolute Gasteiger partial charge is 0.277 e. The van der Waals surface area contributed by atoms with Crippen LogP contribution in [0.4, 0.5) is 5.69 Å². The summed E-state index contributed by atoms with van der Waals surface area (Å²) >= 11 is 1.49. The van der Waals surface area contributed by atoms with Gasteiger partial charge in [0.25, 0.3) is 11.6 Å². The molecular weight excluding hydrogens is 294 g/mol. The van der Waals surface area contributed by atoms with E-state index in [1.807, 2.05) is 17.5 Å². The first-order valence-electron chi connectivity index (χ1n) is 5.88. The summed E-state index contributed by atoms with van der Waals surface area (Å²) in [6.45, 7) is -0.275. The summed E-state index contributed by atoms with van der Waals surface area (Å²) in [5.74, 6) is -0.198. The quantitative estimate of drug-likeness (QED) is 0.503. The van der Waals surface area contributed by atoms with Crippen LogP contribution in [0.15, 0.2) is 46.9 Å². The number of nitro benzene ring substituents is 1. The predicted molar refractivity (Wildman–Crippen MR) is 78.6 cm³/mol. The fourth-order valence-electron chi connectivity index (χ4n) is 1.40. The van der Waals surface area contributed by atoms with Crippen molar-refractivity contribution >= 4 is 29.1 Å². The second-order valence-corrected chi connectivity index (χ2v) is 4.83. The van der Waals surface area contributed by atoms with Gasteiger partial charge in [0.2, 0.25) is 0 Å². The average molecular weight is 305 g/mol. The Morgan fingerprint density at radius 2 is 2.29 bits per heavy atom. The van der Waals surface area contributed by atoms with Gasteiger partial charge in [0, 0.05) is 10.9 Å². The van der Waals surface area contributed by atoms with Gasteiger partial charge >= 0.3 is 0 Å². The van der Waals surface area contributed by atoms with E-state index in [-0.39, 0.29) is 18.0 Å². The number of nitrogens with zero attached hydrogens (tertiary/aromatic N) is 2. The molecule has 108 valence electrons. The number of nitro groups is 1. The van der Waals surface area contributed by atoms with E-state index < -0.39 is 10.8 Å². The third kappa shape index (κ3) is 4.69. The first kappa shape index (κ1) is 14.7. The van der Waals surface area contributed by atoms with Crippen LogP contribution in [-0.4, -0.2) is 23.7 Å². The number of hydrogen-bond acceptors (Lipinski definition) is 6. The Balaban J connectivity index is 1.81. The van der Waals surface area contributed by atoms with Crippen molar-refractivity contribution < 1.29 is 14.5 Å². The summed E-state index contributed by atoms with van der Waals surface area (Å²) in [7, 11) is 0. The fourth-order valence-corrected chi connectivity index (χ4v) is 1.99. The Labute approximate surface area is 124 Å². The van der Waals surface area contributed by atoms with Crippen molar-refractivity contribution in [3.05, 3.63) is 56.8 Å². The zero-order valence-corrected chi connectivity index (χ0v) is 11.6. The van der Waals surface area contributed by atoms with Crippen LogP contribution in [0.2, 0.25) is 0 Å². The van der Waals surface area contributed by atoms with E-state index in [4.69, 9.17) is 4.74 Å². The summed E-state index contributed by atoms with van der Waals surface area (Å²) in [6, 6.07) is 9.36. The zero-order valence-electron chi connectivity index (χ0n) is 10.8. The van der Waals surface area contributed by atoms with Crippen molar-refractivity contribution in [3.63, 3.8) is 0 Å². The van der Waals surface area contributed by atoms with Crippen LogP contribution < -0.4 is 10.2 Å². The normalized spacial score (nSPS) is 10.5. The number of carbonyl (C=O) groups is 1. The van der Waals surface area contributed by atoms with E-state index in [9.17, 15) is 14.9 Å². The molecule has 1 N–H and O–H groups in total. The van der Waals surface area contributed by atoms with Crippen molar-refractivity contribution in [2.24, 2.45) is 5.10 Å². The summed E-state index contributed by atoms with van der Waals surface area (Å²) < 4.78 is 5.16. The largest absolute Gasteiger partial charge is 0.483 e. The number of hydrogen-bond donors (Lipinski definition) is 1.